The van der Waals surface area contributed by atoms with Gasteiger partial charge in [0.1, 0.15) is 12.6 Å². The van der Waals surface area contributed by atoms with E-state index in [9.17, 15) is 18.0 Å². The van der Waals surface area contributed by atoms with Gasteiger partial charge in [-0.05, 0) is 60.0 Å². The van der Waals surface area contributed by atoms with Gasteiger partial charge in [-0.15, -0.1) is 0 Å². The molecule has 0 aliphatic carbocycles. The Labute approximate surface area is 250 Å². The highest BCUT2D eigenvalue weighted by Crippen LogP contribution is 2.26. The minimum absolute atomic E-state index is 0.0703. The zero-order chi connectivity index (χ0) is 29.4. The summed E-state index contributed by atoms with van der Waals surface area (Å²) in [5.74, 6) is -0.842. The second-order valence-electron chi connectivity index (χ2n) is 9.63. The number of anilines is 1. The largest absolute Gasteiger partial charge is 0.357 e. The summed E-state index contributed by atoms with van der Waals surface area (Å²) in [7, 11) is -2.58. The summed E-state index contributed by atoms with van der Waals surface area (Å²) in [6.45, 7) is 1.49. The van der Waals surface area contributed by atoms with Gasteiger partial charge in [-0.2, -0.15) is 0 Å². The number of amides is 2. The fourth-order valence-corrected chi connectivity index (χ4v) is 6.23. The van der Waals surface area contributed by atoms with E-state index in [0.29, 0.717) is 5.69 Å². The number of aryl methyl sites for hydroxylation is 1. The van der Waals surface area contributed by atoms with Crippen LogP contribution >= 0.6 is 15.9 Å². The van der Waals surface area contributed by atoms with E-state index in [4.69, 9.17) is 0 Å². The molecule has 0 saturated heterocycles. The first kappa shape index (κ1) is 30.0. The van der Waals surface area contributed by atoms with Crippen LogP contribution in [0.1, 0.15) is 16.7 Å². The van der Waals surface area contributed by atoms with Crippen molar-refractivity contribution in [3.05, 3.63) is 130 Å². The number of nitrogens with zero attached hydrogens (tertiary/aromatic N) is 2. The fraction of sp³-hybridized carbons (Fsp3) is 0.188. The fourth-order valence-electron chi connectivity index (χ4n) is 4.54. The zero-order valence-corrected chi connectivity index (χ0v) is 25.3. The minimum atomic E-state index is -4.11. The van der Waals surface area contributed by atoms with Gasteiger partial charge in [0.05, 0.1) is 10.6 Å². The third kappa shape index (κ3) is 7.62. The van der Waals surface area contributed by atoms with Crippen LogP contribution in [0.3, 0.4) is 0 Å². The number of hydrogen-bond acceptors (Lipinski definition) is 4. The Morgan fingerprint density at radius 2 is 1.46 bits per heavy atom. The average Bonchev–Trinajstić information content (AvgIpc) is 2.99. The van der Waals surface area contributed by atoms with Crippen LogP contribution in [0.15, 0.2) is 119 Å². The molecular formula is C32H32BrN3O4S. The van der Waals surface area contributed by atoms with E-state index in [-0.39, 0.29) is 23.8 Å². The number of hydrogen-bond donors (Lipinski definition) is 1. The Kier molecular flexibility index (Phi) is 9.96. The van der Waals surface area contributed by atoms with Crippen molar-refractivity contribution >= 4 is 43.5 Å². The van der Waals surface area contributed by atoms with Crippen LogP contribution in [0.4, 0.5) is 5.69 Å². The van der Waals surface area contributed by atoms with Crippen molar-refractivity contribution in [2.45, 2.75) is 30.8 Å². The maximum Gasteiger partial charge on any atom is 0.264 e. The molecule has 4 aromatic rings. The first-order chi connectivity index (χ1) is 19.7. The summed E-state index contributed by atoms with van der Waals surface area (Å²) < 4.78 is 29.8. The minimum Gasteiger partial charge on any atom is -0.357 e. The van der Waals surface area contributed by atoms with E-state index in [1.54, 1.807) is 36.4 Å². The molecular weight excluding hydrogens is 602 g/mol. The predicted octanol–water partition coefficient (Wildman–Crippen LogP) is 5.34. The van der Waals surface area contributed by atoms with Crippen molar-refractivity contribution in [2.75, 3.05) is 17.9 Å². The lowest BCUT2D eigenvalue weighted by Gasteiger charge is -2.33. The third-order valence-corrected chi connectivity index (χ3v) is 9.00. The number of nitrogens with one attached hydrogen (secondary N) is 1. The van der Waals surface area contributed by atoms with E-state index in [1.165, 1.54) is 24.1 Å². The summed E-state index contributed by atoms with van der Waals surface area (Å²) >= 11 is 3.44. The van der Waals surface area contributed by atoms with Crippen molar-refractivity contribution < 1.29 is 18.0 Å². The van der Waals surface area contributed by atoms with Gasteiger partial charge in [0, 0.05) is 24.5 Å². The average molecular weight is 635 g/mol. The van der Waals surface area contributed by atoms with Gasteiger partial charge in [0.25, 0.3) is 10.0 Å². The Hall–Kier alpha value is -3.95. The lowest BCUT2D eigenvalue weighted by molar-refractivity contribution is -0.139. The lowest BCUT2D eigenvalue weighted by atomic mass is 10.0. The molecule has 0 aromatic heterocycles. The summed E-state index contributed by atoms with van der Waals surface area (Å²) in [5.41, 5.74) is 2.89. The molecule has 1 atom stereocenters. The number of carbonyl (C=O) groups excluding carboxylic acids is 2. The molecule has 0 heterocycles. The molecule has 0 radical (unpaired) electrons. The summed E-state index contributed by atoms with van der Waals surface area (Å²) in [4.78, 5) is 29.1. The van der Waals surface area contributed by atoms with E-state index >= 15 is 0 Å². The van der Waals surface area contributed by atoms with E-state index < -0.39 is 28.5 Å². The van der Waals surface area contributed by atoms with Gasteiger partial charge in [0.2, 0.25) is 11.8 Å². The Bertz CT molecular complexity index is 1580. The van der Waals surface area contributed by atoms with Crippen molar-refractivity contribution in [1.82, 2.24) is 10.2 Å². The maximum atomic E-state index is 14.2. The Morgan fingerprint density at radius 1 is 0.829 bits per heavy atom. The summed E-state index contributed by atoms with van der Waals surface area (Å²) in [5, 5.41) is 2.69. The van der Waals surface area contributed by atoms with E-state index in [2.05, 4.69) is 21.2 Å². The highest BCUT2D eigenvalue weighted by Gasteiger charge is 2.34. The molecule has 212 valence electrons. The van der Waals surface area contributed by atoms with Gasteiger partial charge >= 0.3 is 0 Å². The number of benzene rings is 4. The maximum absolute atomic E-state index is 14.2. The molecule has 4 rings (SSSR count). The molecule has 7 nitrogen and oxygen atoms in total. The van der Waals surface area contributed by atoms with Crippen molar-refractivity contribution in [3.8, 4) is 0 Å². The molecule has 4 aromatic carbocycles. The standard InChI is InChI=1S/C32H32BrN3O4S/c1-24-10-9-13-28(20-24)36(41(39,40)29-14-7-4-8-15-29)23-31(37)35(22-26-16-18-27(33)19-17-26)30(32(38)34-2)21-25-11-5-3-6-12-25/h3-20,30H,21-23H2,1-2H3,(H,34,38)/t30-/m0/s1. The number of carbonyl (C=O) groups is 2. The Balaban J connectivity index is 1.78. The van der Waals surface area contributed by atoms with Crippen LogP contribution in [-0.4, -0.2) is 44.8 Å². The number of rotatable bonds is 11. The van der Waals surface area contributed by atoms with Gasteiger partial charge < -0.3 is 10.2 Å². The number of sulfonamides is 1. The molecule has 41 heavy (non-hydrogen) atoms. The quantitative estimate of drug-likeness (QED) is 0.242. The SMILES string of the molecule is CNC(=O)[C@H](Cc1ccccc1)N(Cc1ccc(Br)cc1)C(=O)CN(c1cccc(C)c1)S(=O)(=O)c1ccccc1. The molecule has 0 aliphatic heterocycles. The van der Waals surface area contributed by atoms with Gasteiger partial charge in [-0.1, -0.05) is 88.7 Å². The van der Waals surface area contributed by atoms with Crippen LogP contribution < -0.4 is 9.62 Å². The molecule has 0 fully saturated rings. The smallest absolute Gasteiger partial charge is 0.264 e. The topological polar surface area (TPSA) is 86.8 Å². The third-order valence-electron chi connectivity index (χ3n) is 6.68. The van der Waals surface area contributed by atoms with Crippen LogP contribution in [0.2, 0.25) is 0 Å². The molecule has 0 saturated carbocycles. The first-order valence-electron chi connectivity index (χ1n) is 13.1. The van der Waals surface area contributed by atoms with Crippen molar-refractivity contribution in [3.63, 3.8) is 0 Å². The molecule has 0 unspecified atom stereocenters. The van der Waals surface area contributed by atoms with Gasteiger partial charge in [0.15, 0.2) is 0 Å². The molecule has 9 heteroatoms. The molecule has 1 N–H and O–H groups in total. The molecule has 0 bridgehead atoms. The second kappa shape index (κ2) is 13.6. The van der Waals surface area contributed by atoms with Crippen LogP contribution in [-0.2, 0) is 32.6 Å². The Morgan fingerprint density at radius 3 is 2.07 bits per heavy atom. The zero-order valence-electron chi connectivity index (χ0n) is 22.9. The van der Waals surface area contributed by atoms with Crippen LogP contribution in [0.5, 0.6) is 0 Å². The molecule has 0 aliphatic rings. The monoisotopic (exact) mass is 633 g/mol. The number of likely N-dealkylation sites (N-methyl/N-ethyl adjacent to an activating group) is 1. The predicted molar refractivity (Wildman–Crippen MR) is 165 cm³/mol. The van der Waals surface area contributed by atoms with Crippen LogP contribution in [0.25, 0.3) is 0 Å². The first-order valence-corrected chi connectivity index (χ1v) is 15.4. The van der Waals surface area contributed by atoms with E-state index in [1.807, 2.05) is 67.6 Å². The summed E-state index contributed by atoms with van der Waals surface area (Å²) in [6.07, 6.45) is 0.263. The second-order valence-corrected chi connectivity index (χ2v) is 12.4. The van der Waals surface area contributed by atoms with Gasteiger partial charge in [-0.25, -0.2) is 8.42 Å². The highest BCUT2D eigenvalue weighted by atomic mass is 79.9. The highest BCUT2D eigenvalue weighted by molar-refractivity contribution is 9.10. The van der Waals surface area contributed by atoms with E-state index in [0.717, 1.165) is 25.5 Å². The summed E-state index contributed by atoms with van der Waals surface area (Å²) in [6, 6.07) is 31.1. The molecule has 2 amide bonds. The van der Waals surface area contributed by atoms with Crippen molar-refractivity contribution in [1.29, 1.82) is 0 Å². The number of halogens is 1. The normalized spacial score (nSPS) is 11.9. The van der Waals surface area contributed by atoms with Gasteiger partial charge in [-0.3, -0.25) is 13.9 Å². The van der Waals surface area contributed by atoms with Crippen molar-refractivity contribution in [2.24, 2.45) is 0 Å². The van der Waals surface area contributed by atoms with Crippen LogP contribution in [0, 0.1) is 6.92 Å². The lowest BCUT2D eigenvalue weighted by Crippen LogP contribution is -2.53. The molecule has 0 spiro atoms.